The van der Waals surface area contributed by atoms with Crippen LogP contribution in [0.5, 0.6) is 0 Å². The summed E-state index contributed by atoms with van der Waals surface area (Å²) in [5.74, 6) is 0.0161. The number of carbonyl (C=O) groups is 1. The van der Waals surface area contributed by atoms with E-state index in [1.807, 2.05) is 0 Å². The van der Waals surface area contributed by atoms with Crippen LogP contribution >= 0.6 is 11.6 Å². The van der Waals surface area contributed by atoms with Gasteiger partial charge in [-0.05, 0) is 36.8 Å². The Morgan fingerprint density at radius 2 is 2.04 bits per heavy atom. The van der Waals surface area contributed by atoms with Crippen LogP contribution in [0.2, 0.25) is 5.02 Å². The molecule has 0 aliphatic heterocycles. The Balaban J connectivity index is 2.01. The summed E-state index contributed by atoms with van der Waals surface area (Å²) < 4.78 is 43.5. The number of halogens is 4. The number of anilines is 2. The number of nitrogens with one attached hydrogen (secondary N) is 2. The van der Waals surface area contributed by atoms with Gasteiger partial charge in [-0.2, -0.15) is 13.2 Å². The second-order valence-electron chi connectivity index (χ2n) is 5.35. The molecular formula is C17H17ClF3N3O2. The highest BCUT2D eigenvalue weighted by Crippen LogP contribution is 2.36. The summed E-state index contributed by atoms with van der Waals surface area (Å²) in [5.41, 5.74) is -0.796. The van der Waals surface area contributed by atoms with E-state index < -0.39 is 22.7 Å². The number of nitrogens with zero attached hydrogens (tertiary/aromatic N) is 1. The Bertz CT molecular complexity index is 752. The van der Waals surface area contributed by atoms with Crippen molar-refractivity contribution in [1.82, 2.24) is 4.98 Å². The highest BCUT2D eigenvalue weighted by atomic mass is 35.5. The topological polar surface area (TPSA) is 63.2 Å². The summed E-state index contributed by atoms with van der Waals surface area (Å²) in [6.07, 6.45) is -2.46. The van der Waals surface area contributed by atoms with Crippen molar-refractivity contribution in [2.45, 2.75) is 12.6 Å². The third-order valence-corrected chi connectivity index (χ3v) is 3.72. The first-order chi connectivity index (χ1) is 12.3. The fraction of sp³-hybridized carbons (Fsp3) is 0.294. The van der Waals surface area contributed by atoms with Gasteiger partial charge in [-0.15, -0.1) is 0 Å². The zero-order valence-corrected chi connectivity index (χ0v) is 14.6. The van der Waals surface area contributed by atoms with Gasteiger partial charge in [0.25, 0.3) is 5.91 Å². The first-order valence-corrected chi connectivity index (χ1v) is 8.06. The Morgan fingerprint density at radius 1 is 1.27 bits per heavy atom. The first-order valence-electron chi connectivity index (χ1n) is 7.68. The van der Waals surface area contributed by atoms with Gasteiger partial charge >= 0.3 is 6.18 Å². The summed E-state index contributed by atoms with van der Waals surface area (Å²) in [4.78, 5) is 16.3. The van der Waals surface area contributed by atoms with Gasteiger partial charge in [0.2, 0.25) is 0 Å². The van der Waals surface area contributed by atoms with Crippen molar-refractivity contribution < 1.29 is 22.7 Å². The number of alkyl halides is 3. The molecule has 1 aromatic carbocycles. The molecule has 9 heteroatoms. The fourth-order valence-electron chi connectivity index (χ4n) is 2.09. The number of hydrogen-bond acceptors (Lipinski definition) is 4. The third kappa shape index (κ3) is 5.60. The molecule has 0 spiro atoms. The van der Waals surface area contributed by atoms with Crippen LogP contribution in [0, 0.1) is 0 Å². The van der Waals surface area contributed by atoms with E-state index >= 15 is 0 Å². The van der Waals surface area contributed by atoms with Crippen LogP contribution in [0.25, 0.3) is 0 Å². The summed E-state index contributed by atoms with van der Waals surface area (Å²) >= 11 is 5.56. The van der Waals surface area contributed by atoms with Crippen LogP contribution in [0.3, 0.4) is 0 Å². The molecule has 2 aromatic rings. The van der Waals surface area contributed by atoms with Gasteiger partial charge in [0.05, 0.1) is 16.1 Å². The van der Waals surface area contributed by atoms with Crippen LogP contribution < -0.4 is 10.6 Å². The molecular weight excluding hydrogens is 371 g/mol. The minimum Gasteiger partial charge on any atom is -0.385 e. The van der Waals surface area contributed by atoms with Crippen molar-refractivity contribution in [1.29, 1.82) is 0 Å². The number of amides is 1. The molecule has 1 amide bonds. The van der Waals surface area contributed by atoms with Crippen molar-refractivity contribution in [3.05, 3.63) is 52.7 Å². The van der Waals surface area contributed by atoms with E-state index in [1.54, 1.807) is 13.2 Å². The SMILES string of the molecule is COCCCNc1ccc(C(=O)Nc2ccc(Cl)c(C(F)(F)F)c2)cn1. The Hall–Kier alpha value is -2.32. The molecule has 0 fully saturated rings. The zero-order chi connectivity index (χ0) is 19.2. The van der Waals surface area contributed by atoms with E-state index in [1.165, 1.54) is 18.3 Å². The maximum Gasteiger partial charge on any atom is 0.417 e. The maximum atomic E-state index is 12.9. The number of ether oxygens (including phenoxy) is 1. The molecule has 2 rings (SSSR count). The molecule has 5 nitrogen and oxygen atoms in total. The van der Waals surface area contributed by atoms with Crippen LogP contribution in [-0.4, -0.2) is 31.2 Å². The van der Waals surface area contributed by atoms with Crippen LogP contribution in [0.1, 0.15) is 22.3 Å². The van der Waals surface area contributed by atoms with Gasteiger partial charge in [0.1, 0.15) is 5.82 Å². The lowest BCUT2D eigenvalue weighted by Gasteiger charge is -2.12. The molecule has 26 heavy (non-hydrogen) atoms. The largest absolute Gasteiger partial charge is 0.417 e. The normalized spacial score (nSPS) is 11.3. The van der Waals surface area contributed by atoms with Gasteiger partial charge in [-0.25, -0.2) is 4.98 Å². The summed E-state index contributed by atoms with van der Waals surface area (Å²) in [5, 5.41) is 5.04. The lowest BCUT2D eigenvalue weighted by atomic mass is 10.2. The molecule has 0 aliphatic rings. The van der Waals surface area contributed by atoms with Gasteiger partial charge in [-0.1, -0.05) is 11.6 Å². The van der Waals surface area contributed by atoms with E-state index in [-0.39, 0.29) is 11.3 Å². The minimum atomic E-state index is -4.60. The second kappa shape index (κ2) is 8.86. The summed E-state index contributed by atoms with van der Waals surface area (Å²) in [6, 6.07) is 6.32. The third-order valence-electron chi connectivity index (χ3n) is 3.39. The second-order valence-corrected chi connectivity index (χ2v) is 5.76. The number of benzene rings is 1. The average molecular weight is 388 g/mol. The van der Waals surface area contributed by atoms with Crippen molar-refractivity contribution >= 4 is 29.0 Å². The van der Waals surface area contributed by atoms with Crippen molar-refractivity contribution in [2.75, 3.05) is 30.9 Å². The molecule has 1 heterocycles. The molecule has 1 aromatic heterocycles. The number of methoxy groups -OCH3 is 1. The van der Waals surface area contributed by atoms with Crippen LogP contribution in [0.4, 0.5) is 24.7 Å². The highest BCUT2D eigenvalue weighted by Gasteiger charge is 2.33. The van der Waals surface area contributed by atoms with E-state index in [2.05, 4.69) is 15.6 Å². The standard InChI is InChI=1S/C17H17ClF3N3O2/c1-26-8-2-7-22-15-6-3-11(10-23-15)16(25)24-12-4-5-14(18)13(9-12)17(19,20)21/h3-6,9-10H,2,7-8H2,1H3,(H,22,23)(H,24,25). The van der Waals surface area contributed by atoms with Gasteiger partial charge < -0.3 is 15.4 Å². The molecule has 0 bridgehead atoms. The number of pyridine rings is 1. The predicted molar refractivity (Wildman–Crippen MR) is 93.6 cm³/mol. The van der Waals surface area contributed by atoms with E-state index in [0.29, 0.717) is 19.0 Å². The van der Waals surface area contributed by atoms with Crippen molar-refractivity contribution in [3.8, 4) is 0 Å². The molecule has 0 radical (unpaired) electrons. The Labute approximate surface area is 153 Å². The van der Waals surface area contributed by atoms with Gasteiger partial charge in [0, 0.05) is 32.1 Å². The molecule has 0 saturated carbocycles. The number of rotatable bonds is 7. The maximum absolute atomic E-state index is 12.9. The van der Waals surface area contributed by atoms with Crippen molar-refractivity contribution in [2.24, 2.45) is 0 Å². The monoisotopic (exact) mass is 387 g/mol. The summed E-state index contributed by atoms with van der Waals surface area (Å²) in [7, 11) is 1.62. The van der Waals surface area contributed by atoms with E-state index in [4.69, 9.17) is 16.3 Å². The molecule has 140 valence electrons. The van der Waals surface area contributed by atoms with E-state index in [0.717, 1.165) is 18.6 Å². The average Bonchev–Trinajstić information content (AvgIpc) is 2.60. The van der Waals surface area contributed by atoms with Crippen LogP contribution in [0.15, 0.2) is 36.5 Å². The molecule has 0 saturated heterocycles. The van der Waals surface area contributed by atoms with E-state index in [9.17, 15) is 18.0 Å². The van der Waals surface area contributed by atoms with Gasteiger partial charge in [0.15, 0.2) is 0 Å². The van der Waals surface area contributed by atoms with Crippen molar-refractivity contribution in [3.63, 3.8) is 0 Å². The Morgan fingerprint density at radius 3 is 2.65 bits per heavy atom. The fourth-order valence-corrected chi connectivity index (χ4v) is 2.31. The summed E-state index contributed by atoms with van der Waals surface area (Å²) in [6.45, 7) is 1.28. The first kappa shape index (κ1) is 20.0. The zero-order valence-electron chi connectivity index (χ0n) is 13.9. The highest BCUT2D eigenvalue weighted by molar-refractivity contribution is 6.31. The number of hydrogen-bond donors (Lipinski definition) is 2. The molecule has 0 atom stereocenters. The Kier molecular flexibility index (Phi) is 6.82. The molecule has 0 aliphatic carbocycles. The molecule has 0 unspecified atom stereocenters. The number of carbonyl (C=O) groups excluding carboxylic acids is 1. The van der Waals surface area contributed by atoms with Gasteiger partial charge in [-0.3, -0.25) is 4.79 Å². The smallest absolute Gasteiger partial charge is 0.385 e. The van der Waals surface area contributed by atoms with Crippen LogP contribution in [-0.2, 0) is 10.9 Å². The number of aromatic nitrogens is 1. The molecule has 2 N–H and O–H groups in total. The predicted octanol–water partition coefficient (Wildman–Crippen LogP) is 4.45. The lowest BCUT2D eigenvalue weighted by Crippen LogP contribution is -2.14. The lowest BCUT2D eigenvalue weighted by molar-refractivity contribution is -0.137. The minimum absolute atomic E-state index is 0.00603. The quantitative estimate of drug-likeness (QED) is 0.689.